The van der Waals surface area contributed by atoms with Gasteiger partial charge in [0.1, 0.15) is 16.9 Å². The lowest BCUT2D eigenvalue weighted by Gasteiger charge is -2.18. The zero-order valence-corrected chi connectivity index (χ0v) is 17.6. The summed E-state index contributed by atoms with van der Waals surface area (Å²) in [5, 5.41) is 12.5. The standard InChI is InChI=1S/C26H18ClNO4/c27-20-10-4-1-7-15(20)18(19-14-28-21-11-5-2-8-16(19)21)13-22(29)24-25(30)17-9-3-6-12-23(17)32-26(24)31/h1-12,14,18,28,30H,13H2. The maximum atomic E-state index is 13.4. The van der Waals surface area contributed by atoms with Gasteiger partial charge in [-0.05, 0) is 35.4 Å². The molecule has 0 saturated carbocycles. The SMILES string of the molecule is O=C(CC(c1ccccc1Cl)c1c[nH]c2ccccc12)c1c(O)c2ccccc2oc1=O. The number of H-pyrrole nitrogens is 1. The molecule has 0 fully saturated rings. The van der Waals surface area contributed by atoms with E-state index in [2.05, 4.69) is 4.98 Å². The summed E-state index contributed by atoms with van der Waals surface area (Å²) in [6.07, 6.45) is 1.79. The second-order valence-corrected chi connectivity index (χ2v) is 8.01. The summed E-state index contributed by atoms with van der Waals surface area (Å²) in [5.41, 5.74) is 1.60. The number of halogens is 1. The molecule has 5 rings (SSSR count). The summed E-state index contributed by atoms with van der Waals surface area (Å²) < 4.78 is 5.30. The van der Waals surface area contributed by atoms with Crippen molar-refractivity contribution in [2.45, 2.75) is 12.3 Å². The first-order chi connectivity index (χ1) is 15.5. The molecule has 158 valence electrons. The average molecular weight is 444 g/mol. The van der Waals surface area contributed by atoms with Gasteiger partial charge in [-0.1, -0.05) is 60.1 Å². The highest BCUT2D eigenvalue weighted by Gasteiger charge is 2.28. The number of carbonyl (C=O) groups is 1. The van der Waals surface area contributed by atoms with Crippen molar-refractivity contribution in [1.29, 1.82) is 0 Å². The van der Waals surface area contributed by atoms with Crippen LogP contribution in [0.25, 0.3) is 21.9 Å². The third-order valence-electron chi connectivity index (χ3n) is 5.73. The molecule has 2 heterocycles. The summed E-state index contributed by atoms with van der Waals surface area (Å²) in [4.78, 5) is 29.2. The number of benzene rings is 3. The lowest BCUT2D eigenvalue weighted by molar-refractivity contribution is 0.0971. The van der Waals surface area contributed by atoms with Crippen LogP contribution in [-0.2, 0) is 0 Å². The number of hydrogen-bond acceptors (Lipinski definition) is 4. The second kappa shape index (κ2) is 8.02. The molecule has 0 amide bonds. The maximum absolute atomic E-state index is 13.4. The highest BCUT2D eigenvalue weighted by atomic mass is 35.5. The number of aromatic hydroxyl groups is 1. The number of aromatic amines is 1. The summed E-state index contributed by atoms with van der Waals surface area (Å²) in [6, 6.07) is 21.7. The van der Waals surface area contributed by atoms with Gasteiger partial charge in [0.2, 0.25) is 0 Å². The molecule has 1 atom stereocenters. The molecule has 0 saturated heterocycles. The topological polar surface area (TPSA) is 83.3 Å². The molecule has 0 radical (unpaired) electrons. The molecule has 5 aromatic rings. The Morgan fingerprint density at radius 1 is 0.938 bits per heavy atom. The molecule has 5 nitrogen and oxygen atoms in total. The Morgan fingerprint density at radius 2 is 1.62 bits per heavy atom. The van der Waals surface area contributed by atoms with E-state index in [0.717, 1.165) is 22.0 Å². The summed E-state index contributed by atoms with van der Waals surface area (Å²) in [5.74, 6) is -1.31. The zero-order chi connectivity index (χ0) is 22.2. The van der Waals surface area contributed by atoms with Gasteiger partial charge in [0.05, 0.1) is 5.39 Å². The van der Waals surface area contributed by atoms with E-state index in [1.807, 2.05) is 48.7 Å². The fourth-order valence-electron chi connectivity index (χ4n) is 4.19. The van der Waals surface area contributed by atoms with Crippen LogP contribution in [0.4, 0.5) is 0 Å². The number of fused-ring (bicyclic) bond motifs is 2. The van der Waals surface area contributed by atoms with Crippen molar-refractivity contribution in [3.8, 4) is 5.75 Å². The number of rotatable bonds is 5. The third-order valence-corrected chi connectivity index (χ3v) is 6.08. The molecule has 32 heavy (non-hydrogen) atoms. The number of hydrogen-bond donors (Lipinski definition) is 2. The van der Waals surface area contributed by atoms with Gasteiger partial charge in [0.15, 0.2) is 5.78 Å². The maximum Gasteiger partial charge on any atom is 0.351 e. The van der Waals surface area contributed by atoms with Crippen LogP contribution in [0.15, 0.2) is 88.2 Å². The van der Waals surface area contributed by atoms with Crippen LogP contribution in [0.2, 0.25) is 5.02 Å². The molecule has 0 aliphatic heterocycles. The molecule has 3 aromatic carbocycles. The van der Waals surface area contributed by atoms with Crippen LogP contribution >= 0.6 is 11.6 Å². The number of aromatic nitrogens is 1. The fourth-order valence-corrected chi connectivity index (χ4v) is 4.46. The molecule has 0 spiro atoms. The Kier molecular flexibility index (Phi) is 5.04. The molecular weight excluding hydrogens is 426 g/mol. The fraction of sp³-hybridized carbons (Fsp3) is 0.0769. The van der Waals surface area contributed by atoms with E-state index >= 15 is 0 Å². The van der Waals surface area contributed by atoms with Crippen molar-refractivity contribution in [2.24, 2.45) is 0 Å². The molecule has 0 aliphatic carbocycles. The molecule has 0 aliphatic rings. The quantitative estimate of drug-likeness (QED) is 0.256. The first-order valence-corrected chi connectivity index (χ1v) is 10.5. The normalized spacial score (nSPS) is 12.3. The molecule has 6 heteroatoms. The van der Waals surface area contributed by atoms with Crippen LogP contribution in [0.3, 0.4) is 0 Å². The van der Waals surface area contributed by atoms with Crippen molar-refractivity contribution in [2.75, 3.05) is 0 Å². The van der Waals surface area contributed by atoms with Crippen molar-refractivity contribution in [1.82, 2.24) is 4.98 Å². The van der Waals surface area contributed by atoms with Crippen LogP contribution in [0.5, 0.6) is 5.75 Å². The zero-order valence-electron chi connectivity index (χ0n) is 16.8. The Labute approximate surface area is 187 Å². The highest BCUT2D eigenvalue weighted by Crippen LogP contribution is 2.38. The number of para-hydroxylation sites is 2. The number of ketones is 1. The molecule has 0 bridgehead atoms. The van der Waals surface area contributed by atoms with Crippen LogP contribution < -0.4 is 5.63 Å². The molecular formula is C26H18ClNO4. The van der Waals surface area contributed by atoms with E-state index in [0.29, 0.717) is 10.4 Å². The number of Topliss-reactive ketones (excluding diaryl/α,β-unsaturated/α-hetero) is 1. The molecule has 2 N–H and O–H groups in total. The Bertz CT molecular complexity index is 1530. The Morgan fingerprint density at radius 3 is 2.44 bits per heavy atom. The van der Waals surface area contributed by atoms with Gasteiger partial charge >= 0.3 is 5.63 Å². The van der Waals surface area contributed by atoms with Crippen molar-refractivity contribution in [3.63, 3.8) is 0 Å². The van der Waals surface area contributed by atoms with Crippen molar-refractivity contribution < 1.29 is 14.3 Å². The Hall–Kier alpha value is -3.83. The first kappa shape index (κ1) is 20.1. The van der Waals surface area contributed by atoms with Gasteiger partial charge in [-0.3, -0.25) is 4.79 Å². The Balaban J connectivity index is 1.64. The van der Waals surface area contributed by atoms with Gasteiger partial charge in [0.25, 0.3) is 0 Å². The molecule has 2 aromatic heterocycles. The smallest absolute Gasteiger partial charge is 0.351 e. The van der Waals surface area contributed by atoms with E-state index in [1.165, 1.54) is 0 Å². The minimum atomic E-state index is -0.858. The minimum Gasteiger partial charge on any atom is -0.506 e. The summed E-state index contributed by atoms with van der Waals surface area (Å²) >= 11 is 6.51. The summed E-state index contributed by atoms with van der Waals surface area (Å²) in [6.45, 7) is 0. The van der Waals surface area contributed by atoms with E-state index in [9.17, 15) is 14.7 Å². The van der Waals surface area contributed by atoms with Crippen molar-refractivity contribution in [3.05, 3.63) is 111 Å². The van der Waals surface area contributed by atoms with Gasteiger partial charge in [-0.2, -0.15) is 0 Å². The predicted octanol–water partition coefficient (Wildman–Crippen LogP) is 6.04. The average Bonchev–Trinajstić information content (AvgIpc) is 3.22. The summed E-state index contributed by atoms with van der Waals surface area (Å²) in [7, 11) is 0. The highest BCUT2D eigenvalue weighted by molar-refractivity contribution is 6.31. The monoisotopic (exact) mass is 443 g/mol. The van der Waals surface area contributed by atoms with Gasteiger partial charge in [-0.15, -0.1) is 0 Å². The number of nitrogens with one attached hydrogen (secondary N) is 1. The van der Waals surface area contributed by atoms with Gasteiger partial charge in [0, 0.05) is 34.5 Å². The second-order valence-electron chi connectivity index (χ2n) is 7.60. The minimum absolute atomic E-state index is 0.0672. The number of carbonyl (C=O) groups excluding carboxylic acids is 1. The predicted molar refractivity (Wildman–Crippen MR) is 125 cm³/mol. The van der Waals surface area contributed by atoms with E-state index < -0.39 is 17.3 Å². The van der Waals surface area contributed by atoms with Crippen LogP contribution in [-0.4, -0.2) is 15.9 Å². The largest absolute Gasteiger partial charge is 0.506 e. The third kappa shape index (κ3) is 3.37. The van der Waals surface area contributed by atoms with E-state index in [1.54, 1.807) is 30.3 Å². The van der Waals surface area contributed by atoms with E-state index in [-0.39, 0.29) is 23.3 Å². The van der Waals surface area contributed by atoms with Crippen LogP contribution in [0, 0.1) is 0 Å². The lowest BCUT2D eigenvalue weighted by Crippen LogP contribution is -2.17. The molecule has 1 unspecified atom stereocenters. The van der Waals surface area contributed by atoms with Gasteiger partial charge < -0.3 is 14.5 Å². The van der Waals surface area contributed by atoms with Gasteiger partial charge in [-0.25, -0.2) is 4.79 Å². The first-order valence-electron chi connectivity index (χ1n) is 10.1. The lowest BCUT2D eigenvalue weighted by atomic mass is 9.85. The van der Waals surface area contributed by atoms with E-state index in [4.69, 9.17) is 16.0 Å². The van der Waals surface area contributed by atoms with Crippen LogP contribution in [0.1, 0.15) is 33.8 Å². The van der Waals surface area contributed by atoms with Crippen molar-refractivity contribution >= 4 is 39.3 Å².